The SMILES string of the molecule is Cc1nc(C)n(CC2CCCN(C(=O)c3ccc(CN)cc3)C2)n1. The molecule has 1 atom stereocenters. The van der Waals surface area contributed by atoms with Crippen molar-refractivity contribution < 1.29 is 4.79 Å². The molecule has 128 valence electrons. The van der Waals surface area contributed by atoms with E-state index in [1.807, 2.05) is 47.7 Å². The fraction of sp³-hybridized carbons (Fsp3) is 0.500. The molecular formula is C18H25N5O. The number of nitrogens with zero attached hydrogens (tertiary/aromatic N) is 4. The lowest BCUT2D eigenvalue weighted by Gasteiger charge is -2.33. The summed E-state index contributed by atoms with van der Waals surface area (Å²) in [5, 5.41) is 4.44. The number of aromatic nitrogens is 3. The Bertz CT molecular complexity index is 707. The summed E-state index contributed by atoms with van der Waals surface area (Å²) >= 11 is 0. The van der Waals surface area contributed by atoms with Crippen LogP contribution in [0.5, 0.6) is 0 Å². The summed E-state index contributed by atoms with van der Waals surface area (Å²) in [5.41, 5.74) is 7.39. The third-order valence-electron chi connectivity index (χ3n) is 4.64. The molecular weight excluding hydrogens is 302 g/mol. The molecule has 0 saturated carbocycles. The van der Waals surface area contributed by atoms with Crippen molar-refractivity contribution >= 4 is 5.91 Å². The van der Waals surface area contributed by atoms with Gasteiger partial charge in [-0.15, -0.1) is 0 Å². The lowest BCUT2D eigenvalue weighted by atomic mass is 9.97. The number of amides is 1. The molecule has 2 N–H and O–H groups in total. The van der Waals surface area contributed by atoms with Crippen molar-refractivity contribution in [2.45, 2.75) is 39.8 Å². The molecule has 6 heteroatoms. The third kappa shape index (κ3) is 3.64. The average molecular weight is 327 g/mol. The molecule has 0 radical (unpaired) electrons. The summed E-state index contributed by atoms with van der Waals surface area (Å²) in [6, 6.07) is 7.60. The van der Waals surface area contributed by atoms with Gasteiger partial charge in [0.1, 0.15) is 11.6 Å². The largest absolute Gasteiger partial charge is 0.338 e. The van der Waals surface area contributed by atoms with Crippen LogP contribution in [0, 0.1) is 19.8 Å². The van der Waals surface area contributed by atoms with Crippen LogP contribution in [0.25, 0.3) is 0 Å². The predicted molar refractivity (Wildman–Crippen MR) is 92.5 cm³/mol. The first kappa shape index (κ1) is 16.6. The molecule has 2 aromatic rings. The zero-order valence-electron chi connectivity index (χ0n) is 14.4. The van der Waals surface area contributed by atoms with Gasteiger partial charge in [-0.1, -0.05) is 12.1 Å². The summed E-state index contributed by atoms with van der Waals surface area (Å²) < 4.78 is 1.96. The Morgan fingerprint density at radius 1 is 1.29 bits per heavy atom. The number of benzene rings is 1. The van der Waals surface area contributed by atoms with E-state index in [-0.39, 0.29) is 5.91 Å². The minimum atomic E-state index is 0.106. The Morgan fingerprint density at radius 2 is 2.04 bits per heavy atom. The number of likely N-dealkylation sites (tertiary alicyclic amines) is 1. The second-order valence-electron chi connectivity index (χ2n) is 6.55. The van der Waals surface area contributed by atoms with E-state index in [0.29, 0.717) is 12.5 Å². The highest BCUT2D eigenvalue weighted by atomic mass is 16.2. The second-order valence-corrected chi connectivity index (χ2v) is 6.55. The van der Waals surface area contributed by atoms with Crippen LogP contribution in [0.15, 0.2) is 24.3 Å². The second kappa shape index (κ2) is 7.13. The fourth-order valence-corrected chi connectivity index (χ4v) is 3.34. The first-order valence-corrected chi connectivity index (χ1v) is 8.53. The Labute approximate surface area is 142 Å². The first-order valence-electron chi connectivity index (χ1n) is 8.53. The van der Waals surface area contributed by atoms with Crippen molar-refractivity contribution in [2.24, 2.45) is 11.7 Å². The molecule has 0 aliphatic carbocycles. The van der Waals surface area contributed by atoms with Crippen LogP contribution in [0.4, 0.5) is 0 Å². The highest BCUT2D eigenvalue weighted by Crippen LogP contribution is 2.20. The molecule has 1 amide bonds. The van der Waals surface area contributed by atoms with Gasteiger partial charge in [0.05, 0.1) is 0 Å². The van der Waals surface area contributed by atoms with Gasteiger partial charge in [0.15, 0.2) is 0 Å². The van der Waals surface area contributed by atoms with Crippen LogP contribution in [-0.2, 0) is 13.1 Å². The maximum atomic E-state index is 12.7. The first-order chi connectivity index (χ1) is 11.6. The van der Waals surface area contributed by atoms with E-state index in [1.54, 1.807) is 0 Å². The number of aryl methyl sites for hydroxylation is 2. The average Bonchev–Trinajstić information content (AvgIpc) is 2.92. The van der Waals surface area contributed by atoms with E-state index in [2.05, 4.69) is 10.1 Å². The molecule has 1 unspecified atom stereocenters. The maximum Gasteiger partial charge on any atom is 0.253 e. The molecule has 2 heterocycles. The number of piperidine rings is 1. The molecule has 1 aromatic carbocycles. The number of carbonyl (C=O) groups excluding carboxylic acids is 1. The van der Waals surface area contributed by atoms with E-state index < -0.39 is 0 Å². The van der Waals surface area contributed by atoms with Crippen LogP contribution in [0.2, 0.25) is 0 Å². The summed E-state index contributed by atoms with van der Waals surface area (Å²) in [6.07, 6.45) is 2.15. The van der Waals surface area contributed by atoms with Crippen LogP contribution in [0.1, 0.15) is 40.4 Å². The number of carbonyl (C=O) groups is 1. The van der Waals surface area contributed by atoms with Crippen molar-refractivity contribution in [1.82, 2.24) is 19.7 Å². The summed E-state index contributed by atoms with van der Waals surface area (Å²) in [5.74, 6) is 2.27. The van der Waals surface area contributed by atoms with Gasteiger partial charge in [0.25, 0.3) is 5.91 Å². The lowest BCUT2D eigenvalue weighted by Crippen LogP contribution is -2.41. The standard InChI is InChI=1S/C18H25N5O/c1-13-20-14(2)23(21-13)12-16-4-3-9-22(11-16)18(24)17-7-5-15(10-19)6-8-17/h5-8,16H,3-4,9-12,19H2,1-2H3. The molecule has 6 nitrogen and oxygen atoms in total. The van der Waals surface area contributed by atoms with Crippen molar-refractivity contribution in [3.05, 3.63) is 47.0 Å². The van der Waals surface area contributed by atoms with Gasteiger partial charge in [0, 0.05) is 31.7 Å². The van der Waals surface area contributed by atoms with Crippen LogP contribution < -0.4 is 5.73 Å². The van der Waals surface area contributed by atoms with Gasteiger partial charge in [-0.3, -0.25) is 4.79 Å². The zero-order chi connectivity index (χ0) is 17.1. The molecule has 3 rings (SSSR count). The van der Waals surface area contributed by atoms with Crippen LogP contribution in [0.3, 0.4) is 0 Å². The van der Waals surface area contributed by atoms with Crippen molar-refractivity contribution in [3.63, 3.8) is 0 Å². The maximum absolute atomic E-state index is 12.7. The van der Waals surface area contributed by atoms with Gasteiger partial charge in [-0.25, -0.2) is 9.67 Å². The van der Waals surface area contributed by atoms with E-state index in [9.17, 15) is 4.79 Å². The van der Waals surface area contributed by atoms with Gasteiger partial charge in [-0.05, 0) is 50.3 Å². The Kier molecular flexibility index (Phi) is 4.94. The predicted octanol–water partition coefficient (Wildman–Crippen LogP) is 1.91. The Balaban J connectivity index is 1.66. The third-order valence-corrected chi connectivity index (χ3v) is 4.64. The van der Waals surface area contributed by atoms with Gasteiger partial charge < -0.3 is 10.6 Å². The summed E-state index contributed by atoms with van der Waals surface area (Å²) in [6.45, 7) is 6.80. The Hall–Kier alpha value is -2.21. The molecule has 0 spiro atoms. The Morgan fingerprint density at radius 3 is 2.67 bits per heavy atom. The molecule has 1 saturated heterocycles. The quantitative estimate of drug-likeness (QED) is 0.930. The van der Waals surface area contributed by atoms with Crippen molar-refractivity contribution in [1.29, 1.82) is 0 Å². The number of nitrogens with two attached hydrogens (primary N) is 1. The highest BCUT2D eigenvalue weighted by molar-refractivity contribution is 5.94. The monoisotopic (exact) mass is 327 g/mol. The normalized spacial score (nSPS) is 18.0. The lowest BCUT2D eigenvalue weighted by molar-refractivity contribution is 0.0659. The topological polar surface area (TPSA) is 77.0 Å². The summed E-state index contributed by atoms with van der Waals surface area (Å²) in [4.78, 5) is 19.0. The van der Waals surface area contributed by atoms with E-state index in [0.717, 1.165) is 55.3 Å². The summed E-state index contributed by atoms with van der Waals surface area (Å²) in [7, 11) is 0. The minimum Gasteiger partial charge on any atom is -0.338 e. The molecule has 24 heavy (non-hydrogen) atoms. The van der Waals surface area contributed by atoms with E-state index in [1.165, 1.54) is 0 Å². The van der Waals surface area contributed by atoms with Gasteiger partial charge in [0.2, 0.25) is 0 Å². The molecule has 0 bridgehead atoms. The van der Waals surface area contributed by atoms with E-state index in [4.69, 9.17) is 5.73 Å². The molecule has 1 aliphatic heterocycles. The zero-order valence-corrected chi connectivity index (χ0v) is 14.4. The smallest absolute Gasteiger partial charge is 0.253 e. The van der Waals surface area contributed by atoms with E-state index >= 15 is 0 Å². The van der Waals surface area contributed by atoms with Crippen molar-refractivity contribution in [2.75, 3.05) is 13.1 Å². The molecule has 1 aliphatic rings. The number of hydrogen-bond acceptors (Lipinski definition) is 4. The van der Waals surface area contributed by atoms with Gasteiger partial charge >= 0.3 is 0 Å². The number of hydrogen-bond donors (Lipinski definition) is 1. The fourth-order valence-electron chi connectivity index (χ4n) is 3.34. The minimum absolute atomic E-state index is 0.106. The van der Waals surface area contributed by atoms with Crippen molar-refractivity contribution in [3.8, 4) is 0 Å². The highest BCUT2D eigenvalue weighted by Gasteiger charge is 2.25. The van der Waals surface area contributed by atoms with Crippen LogP contribution >= 0.6 is 0 Å². The van der Waals surface area contributed by atoms with Crippen LogP contribution in [-0.4, -0.2) is 38.7 Å². The number of rotatable bonds is 4. The van der Waals surface area contributed by atoms with Gasteiger partial charge in [-0.2, -0.15) is 5.10 Å². The molecule has 1 fully saturated rings. The molecule has 1 aromatic heterocycles.